The zero-order chi connectivity index (χ0) is 13.5. The highest BCUT2D eigenvalue weighted by molar-refractivity contribution is 5.95. The number of nitrogens with one attached hydrogen (secondary N) is 1. The molecule has 0 atom stereocenters. The van der Waals surface area contributed by atoms with Crippen LogP contribution in [0.2, 0.25) is 0 Å². The summed E-state index contributed by atoms with van der Waals surface area (Å²) in [5.74, 6) is -0.137. The lowest BCUT2D eigenvalue weighted by Gasteiger charge is -2.12. The number of hydrogen-bond donors (Lipinski definition) is 1. The summed E-state index contributed by atoms with van der Waals surface area (Å²) in [6.45, 7) is 3.93. The van der Waals surface area contributed by atoms with Crippen molar-refractivity contribution >= 4 is 17.6 Å². The largest absolute Gasteiger partial charge is 0.491 e. The van der Waals surface area contributed by atoms with E-state index in [1.54, 1.807) is 12.1 Å². The number of ether oxygens (including phenoxy) is 2. The van der Waals surface area contributed by atoms with E-state index in [2.05, 4.69) is 10.1 Å². The molecule has 0 fully saturated rings. The Balaban J connectivity index is 3.03. The summed E-state index contributed by atoms with van der Waals surface area (Å²) in [5.41, 5.74) is 0.837. The van der Waals surface area contributed by atoms with E-state index in [-0.39, 0.29) is 5.91 Å². The fourth-order valence-corrected chi connectivity index (χ4v) is 1.40. The van der Waals surface area contributed by atoms with Gasteiger partial charge in [0.15, 0.2) is 0 Å². The number of amides is 1. The predicted molar refractivity (Wildman–Crippen MR) is 67.9 cm³/mol. The Morgan fingerprint density at radius 2 is 2.06 bits per heavy atom. The molecule has 0 aliphatic carbocycles. The Hall–Kier alpha value is -2.04. The average molecular weight is 251 g/mol. The Morgan fingerprint density at radius 1 is 1.33 bits per heavy atom. The Labute approximate surface area is 106 Å². The summed E-state index contributed by atoms with van der Waals surface area (Å²) in [6, 6.07) is 4.79. The second kappa shape index (κ2) is 6.64. The van der Waals surface area contributed by atoms with Crippen molar-refractivity contribution in [2.45, 2.75) is 20.3 Å². The van der Waals surface area contributed by atoms with Crippen molar-refractivity contribution in [1.29, 1.82) is 0 Å². The molecular weight excluding hydrogens is 234 g/mol. The third-order valence-corrected chi connectivity index (χ3v) is 2.17. The molecule has 5 nitrogen and oxygen atoms in total. The fourth-order valence-electron chi connectivity index (χ4n) is 1.40. The van der Waals surface area contributed by atoms with Crippen molar-refractivity contribution in [1.82, 2.24) is 0 Å². The number of carbonyl (C=O) groups excluding carboxylic acids is 2. The number of esters is 1. The Morgan fingerprint density at radius 3 is 2.61 bits per heavy atom. The molecule has 5 heteroatoms. The van der Waals surface area contributed by atoms with Gasteiger partial charge in [-0.2, -0.15) is 0 Å². The average Bonchev–Trinajstić information content (AvgIpc) is 2.35. The molecule has 0 bridgehead atoms. The van der Waals surface area contributed by atoms with Crippen LogP contribution in [0.3, 0.4) is 0 Å². The smallest absolute Gasteiger partial charge is 0.337 e. The number of carbonyl (C=O) groups is 2. The molecular formula is C13H17NO4. The lowest BCUT2D eigenvalue weighted by atomic mass is 10.2. The maximum absolute atomic E-state index is 11.4. The van der Waals surface area contributed by atoms with Crippen LogP contribution in [-0.4, -0.2) is 25.6 Å². The van der Waals surface area contributed by atoms with Gasteiger partial charge in [-0.15, -0.1) is 0 Å². The highest BCUT2D eigenvalue weighted by Gasteiger charge is 2.11. The molecule has 0 radical (unpaired) electrons. The van der Waals surface area contributed by atoms with Crippen molar-refractivity contribution in [2.75, 3.05) is 19.0 Å². The van der Waals surface area contributed by atoms with Crippen molar-refractivity contribution in [3.05, 3.63) is 23.8 Å². The van der Waals surface area contributed by atoms with E-state index in [1.165, 1.54) is 20.1 Å². The van der Waals surface area contributed by atoms with Gasteiger partial charge in [0, 0.05) is 6.92 Å². The number of anilines is 1. The first-order valence-corrected chi connectivity index (χ1v) is 5.71. The molecule has 98 valence electrons. The topological polar surface area (TPSA) is 64.6 Å². The van der Waals surface area contributed by atoms with Gasteiger partial charge in [0.2, 0.25) is 5.91 Å². The van der Waals surface area contributed by atoms with Crippen LogP contribution in [-0.2, 0) is 9.53 Å². The van der Waals surface area contributed by atoms with E-state index in [9.17, 15) is 9.59 Å². The maximum Gasteiger partial charge on any atom is 0.337 e. The lowest BCUT2D eigenvalue weighted by Crippen LogP contribution is -2.10. The molecule has 0 heterocycles. The summed E-state index contributed by atoms with van der Waals surface area (Å²) in [5, 5.41) is 2.63. The van der Waals surface area contributed by atoms with E-state index >= 15 is 0 Å². The van der Waals surface area contributed by atoms with E-state index in [1.807, 2.05) is 6.92 Å². The van der Waals surface area contributed by atoms with Gasteiger partial charge in [-0.1, -0.05) is 6.92 Å². The summed E-state index contributed by atoms with van der Waals surface area (Å²) in [6.07, 6.45) is 0.859. The SMILES string of the molecule is CCCOc1ccc(C(=O)OC)cc1NC(C)=O. The molecule has 0 aliphatic rings. The van der Waals surface area contributed by atoms with Crippen LogP contribution in [0.25, 0.3) is 0 Å². The summed E-state index contributed by atoms with van der Waals surface area (Å²) < 4.78 is 10.1. The third-order valence-electron chi connectivity index (χ3n) is 2.17. The molecule has 0 saturated heterocycles. The van der Waals surface area contributed by atoms with E-state index in [0.29, 0.717) is 23.6 Å². The van der Waals surface area contributed by atoms with Crippen LogP contribution in [0.1, 0.15) is 30.6 Å². The van der Waals surface area contributed by atoms with Gasteiger partial charge >= 0.3 is 5.97 Å². The monoisotopic (exact) mass is 251 g/mol. The van der Waals surface area contributed by atoms with Gasteiger partial charge in [-0.05, 0) is 24.6 Å². The molecule has 0 unspecified atom stereocenters. The highest BCUT2D eigenvalue weighted by Crippen LogP contribution is 2.26. The van der Waals surface area contributed by atoms with Crippen LogP contribution in [0.5, 0.6) is 5.75 Å². The first-order chi connectivity index (χ1) is 8.58. The minimum Gasteiger partial charge on any atom is -0.491 e. The van der Waals surface area contributed by atoms with Gasteiger partial charge in [0.25, 0.3) is 0 Å². The fraction of sp³-hybridized carbons (Fsp3) is 0.385. The van der Waals surface area contributed by atoms with Crippen molar-refractivity contribution in [3.63, 3.8) is 0 Å². The van der Waals surface area contributed by atoms with Gasteiger partial charge in [0.05, 0.1) is 25.0 Å². The number of benzene rings is 1. The summed E-state index contributed by atoms with van der Waals surface area (Å²) in [4.78, 5) is 22.5. The third kappa shape index (κ3) is 3.76. The van der Waals surface area contributed by atoms with Crippen LogP contribution in [0, 0.1) is 0 Å². The Kier molecular flexibility index (Phi) is 5.17. The predicted octanol–water partition coefficient (Wildman–Crippen LogP) is 2.22. The molecule has 0 aromatic heterocycles. The van der Waals surface area contributed by atoms with Gasteiger partial charge in [0.1, 0.15) is 5.75 Å². The number of rotatable bonds is 5. The minimum absolute atomic E-state index is 0.224. The molecule has 18 heavy (non-hydrogen) atoms. The van der Waals surface area contributed by atoms with Crippen LogP contribution >= 0.6 is 0 Å². The van der Waals surface area contributed by atoms with Gasteiger partial charge in [-0.25, -0.2) is 4.79 Å². The quantitative estimate of drug-likeness (QED) is 0.815. The van der Waals surface area contributed by atoms with Crippen LogP contribution in [0.15, 0.2) is 18.2 Å². The standard InChI is InChI=1S/C13H17NO4/c1-4-7-18-12-6-5-10(13(16)17-3)8-11(12)14-9(2)15/h5-6,8H,4,7H2,1-3H3,(H,14,15). The van der Waals surface area contributed by atoms with Gasteiger partial charge < -0.3 is 14.8 Å². The molecule has 0 saturated carbocycles. The first kappa shape index (κ1) is 14.0. The summed E-state index contributed by atoms with van der Waals surface area (Å²) >= 11 is 0. The van der Waals surface area contributed by atoms with E-state index in [0.717, 1.165) is 6.42 Å². The molecule has 1 aromatic carbocycles. The summed E-state index contributed by atoms with van der Waals surface area (Å²) in [7, 11) is 1.31. The van der Waals surface area contributed by atoms with Crippen molar-refractivity contribution in [3.8, 4) is 5.75 Å². The highest BCUT2D eigenvalue weighted by atomic mass is 16.5. The van der Waals surface area contributed by atoms with Crippen molar-refractivity contribution in [2.24, 2.45) is 0 Å². The zero-order valence-corrected chi connectivity index (χ0v) is 10.8. The number of methoxy groups -OCH3 is 1. The van der Waals surface area contributed by atoms with E-state index in [4.69, 9.17) is 4.74 Å². The lowest BCUT2D eigenvalue weighted by molar-refractivity contribution is -0.114. The maximum atomic E-state index is 11.4. The second-order valence-corrected chi connectivity index (χ2v) is 3.73. The first-order valence-electron chi connectivity index (χ1n) is 5.71. The van der Waals surface area contributed by atoms with Gasteiger partial charge in [-0.3, -0.25) is 4.79 Å². The minimum atomic E-state index is -0.455. The molecule has 1 aromatic rings. The zero-order valence-electron chi connectivity index (χ0n) is 10.8. The van der Waals surface area contributed by atoms with Crippen LogP contribution in [0.4, 0.5) is 5.69 Å². The molecule has 0 aliphatic heterocycles. The molecule has 1 amide bonds. The van der Waals surface area contributed by atoms with E-state index < -0.39 is 5.97 Å². The Bertz CT molecular complexity index is 443. The normalized spacial score (nSPS) is 9.72. The molecule has 0 spiro atoms. The molecule has 1 rings (SSSR count). The number of hydrogen-bond acceptors (Lipinski definition) is 4. The molecule has 1 N–H and O–H groups in total. The van der Waals surface area contributed by atoms with Crippen LogP contribution < -0.4 is 10.1 Å². The van der Waals surface area contributed by atoms with Crippen molar-refractivity contribution < 1.29 is 19.1 Å². The second-order valence-electron chi connectivity index (χ2n) is 3.73.